The molecular weight excluding hydrogens is 410 g/mol. The van der Waals surface area contributed by atoms with Gasteiger partial charge in [0.2, 0.25) is 0 Å². The molecule has 0 radical (unpaired) electrons. The number of carbonyl (C=O) groups excluding carboxylic acids is 3. The number of hydrogen-bond acceptors (Lipinski definition) is 5. The maximum atomic E-state index is 12.7. The van der Waals surface area contributed by atoms with Gasteiger partial charge in [0.25, 0.3) is 11.8 Å². The number of aromatic hydroxyl groups is 1. The summed E-state index contributed by atoms with van der Waals surface area (Å²) in [6.45, 7) is 0.0520. The first-order valence-corrected chi connectivity index (χ1v) is 9.92. The first kappa shape index (κ1) is 22.4. The number of carbonyl (C=O) groups is 3. The predicted molar refractivity (Wildman–Crippen MR) is 117 cm³/mol. The molecule has 0 saturated carbocycles. The average molecular weight is 433 g/mol. The van der Waals surface area contributed by atoms with Crippen LogP contribution in [0.25, 0.3) is 0 Å². The summed E-state index contributed by atoms with van der Waals surface area (Å²) in [6.07, 6.45) is -0.587. The highest BCUT2D eigenvalue weighted by atomic mass is 16.5. The Hall–Kier alpha value is -4.33. The molecule has 8 nitrogen and oxygen atoms in total. The van der Waals surface area contributed by atoms with Gasteiger partial charge in [-0.1, -0.05) is 72.8 Å². The molecule has 0 spiro atoms. The number of rotatable bonds is 7. The summed E-state index contributed by atoms with van der Waals surface area (Å²) in [6, 6.07) is 23.2. The number of phenols is 1. The van der Waals surface area contributed by atoms with Crippen LogP contribution in [-0.4, -0.2) is 29.1 Å². The summed E-state index contributed by atoms with van der Waals surface area (Å²) in [5.41, 5.74) is 6.15. The second-order valence-electron chi connectivity index (χ2n) is 6.91. The van der Waals surface area contributed by atoms with Crippen LogP contribution in [0.5, 0.6) is 5.75 Å². The molecule has 8 heteroatoms. The number of ether oxygens (including phenoxy) is 1. The topological polar surface area (TPSA) is 117 Å². The van der Waals surface area contributed by atoms with Crippen LogP contribution in [0.1, 0.15) is 21.5 Å². The quantitative estimate of drug-likeness (QED) is 0.428. The van der Waals surface area contributed by atoms with Gasteiger partial charge in [-0.3, -0.25) is 20.4 Å². The van der Waals surface area contributed by atoms with E-state index in [0.29, 0.717) is 0 Å². The molecule has 0 bridgehead atoms. The van der Waals surface area contributed by atoms with Crippen LogP contribution in [0.3, 0.4) is 0 Å². The van der Waals surface area contributed by atoms with Crippen molar-refractivity contribution in [2.45, 2.75) is 19.1 Å². The molecule has 0 unspecified atom stereocenters. The van der Waals surface area contributed by atoms with Gasteiger partial charge >= 0.3 is 6.09 Å². The number of amides is 3. The Bertz CT molecular complexity index is 1060. The largest absolute Gasteiger partial charge is 0.507 e. The van der Waals surface area contributed by atoms with Gasteiger partial charge in [0.1, 0.15) is 18.4 Å². The second-order valence-corrected chi connectivity index (χ2v) is 6.91. The van der Waals surface area contributed by atoms with Crippen LogP contribution in [0.15, 0.2) is 84.9 Å². The first-order chi connectivity index (χ1) is 15.5. The smallest absolute Gasteiger partial charge is 0.408 e. The van der Waals surface area contributed by atoms with Crippen LogP contribution < -0.4 is 16.2 Å². The van der Waals surface area contributed by atoms with E-state index >= 15 is 0 Å². The second kappa shape index (κ2) is 11.2. The van der Waals surface area contributed by atoms with Gasteiger partial charge in [-0.25, -0.2) is 4.79 Å². The molecule has 164 valence electrons. The lowest BCUT2D eigenvalue weighted by molar-refractivity contribution is -0.123. The van der Waals surface area contributed by atoms with Gasteiger partial charge < -0.3 is 15.2 Å². The van der Waals surface area contributed by atoms with E-state index in [2.05, 4.69) is 16.2 Å². The SMILES string of the molecule is O=C(N[C@@H](Cc1ccccc1)C(=O)NNC(=O)c1ccccc1O)OCc1ccccc1. The Kier molecular flexibility index (Phi) is 7.80. The van der Waals surface area contributed by atoms with E-state index < -0.39 is 23.9 Å². The standard InChI is InChI=1S/C24H23N3O5/c28-21-14-8-7-13-19(21)22(29)26-27-23(30)20(15-17-9-3-1-4-10-17)25-24(31)32-16-18-11-5-2-6-12-18/h1-14,20,28H,15-16H2,(H,25,31)(H,26,29)(H,27,30)/t20-/m0/s1. The van der Waals surface area contributed by atoms with Crippen molar-refractivity contribution in [2.75, 3.05) is 0 Å². The predicted octanol–water partition coefficient (Wildman–Crippen LogP) is 2.69. The van der Waals surface area contributed by atoms with Crippen LogP contribution in [0.2, 0.25) is 0 Å². The fourth-order valence-corrected chi connectivity index (χ4v) is 2.90. The van der Waals surface area contributed by atoms with Crippen molar-refractivity contribution in [3.63, 3.8) is 0 Å². The lowest BCUT2D eigenvalue weighted by atomic mass is 10.1. The molecule has 3 aromatic carbocycles. The van der Waals surface area contributed by atoms with Crippen molar-refractivity contribution in [1.29, 1.82) is 0 Å². The van der Waals surface area contributed by atoms with E-state index in [0.717, 1.165) is 11.1 Å². The molecule has 0 aliphatic heterocycles. The molecule has 0 aliphatic rings. The van der Waals surface area contributed by atoms with Crippen LogP contribution in [0.4, 0.5) is 4.79 Å². The minimum atomic E-state index is -1.01. The molecule has 0 aliphatic carbocycles. The zero-order valence-corrected chi connectivity index (χ0v) is 17.2. The lowest BCUT2D eigenvalue weighted by Crippen LogP contribution is -2.53. The van der Waals surface area contributed by atoms with Crippen molar-refractivity contribution >= 4 is 17.9 Å². The molecule has 3 rings (SSSR count). The highest BCUT2D eigenvalue weighted by Crippen LogP contribution is 2.14. The van der Waals surface area contributed by atoms with Crippen molar-refractivity contribution < 1.29 is 24.2 Å². The van der Waals surface area contributed by atoms with Gasteiger partial charge in [-0.05, 0) is 23.3 Å². The zero-order chi connectivity index (χ0) is 22.8. The van der Waals surface area contributed by atoms with E-state index in [4.69, 9.17) is 4.74 Å². The summed E-state index contributed by atoms with van der Waals surface area (Å²) in [4.78, 5) is 37.2. The fourth-order valence-electron chi connectivity index (χ4n) is 2.90. The van der Waals surface area contributed by atoms with Gasteiger partial charge in [0.05, 0.1) is 5.56 Å². The van der Waals surface area contributed by atoms with E-state index in [1.165, 1.54) is 12.1 Å². The molecule has 3 amide bonds. The first-order valence-electron chi connectivity index (χ1n) is 9.92. The normalized spacial score (nSPS) is 11.1. The molecule has 0 saturated heterocycles. The van der Waals surface area contributed by atoms with Gasteiger partial charge in [0.15, 0.2) is 0 Å². The van der Waals surface area contributed by atoms with Crippen LogP contribution in [-0.2, 0) is 22.6 Å². The monoisotopic (exact) mass is 433 g/mol. The van der Waals surface area contributed by atoms with E-state index in [1.807, 2.05) is 60.7 Å². The van der Waals surface area contributed by atoms with Crippen molar-refractivity contribution in [3.05, 3.63) is 102 Å². The maximum absolute atomic E-state index is 12.7. The molecule has 0 fully saturated rings. The Labute approximate surface area is 185 Å². The fraction of sp³-hybridized carbons (Fsp3) is 0.125. The van der Waals surface area contributed by atoms with E-state index in [-0.39, 0.29) is 24.3 Å². The number of hydrazine groups is 1. The van der Waals surface area contributed by atoms with Crippen LogP contribution in [0, 0.1) is 0 Å². The molecule has 1 atom stereocenters. The van der Waals surface area contributed by atoms with Crippen molar-refractivity contribution in [2.24, 2.45) is 0 Å². The average Bonchev–Trinajstić information content (AvgIpc) is 2.82. The van der Waals surface area contributed by atoms with Crippen molar-refractivity contribution in [3.8, 4) is 5.75 Å². The maximum Gasteiger partial charge on any atom is 0.408 e. The summed E-state index contributed by atoms with van der Waals surface area (Å²) in [5.74, 6) is -1.56. The highest BCUT2D eigenvalue weighted by molar-refractivity contribution is 5.98. The molecular formula is C24H23N3O5. The Morgan fingerprint density at radius 1 is 0.781 bits per heavy atom. The molecule has 0 aromatic heterocycles. The van der Waals surface area contributed by atoms with E-state index in [1.54, 1.807) is 12.1 Å². The number of benzene rings is 3. The number of alkyl carbamates (subject to hydrolysis) is 1. The Morgan fingerprint density at radius 2 is 1.38 bits per heavy atom. The third-order valence-electron chi connectivity index (χ3n) is 4.55. The minimum Gasteiger partial charge on any atom is -0.507 e. The Morgan fingerprint density at radius 3 is 2.03 bits per heavy atom. The number of hydrogen-bond donors (Lipinski definition) is 4. The minimum absolute atomic E-state index is 0.00244. The number of para-hydroxylation sites is 1. The number of nitrogens with one attached hydrogen (secondary N) is 3. The summed E-state index contributed by atoms with van der Waals surface area (Å²) in [7, 11) is 0. The lowest BCUT2D eigenvalue weighted by Gasteiger charge is -2.19. The molecule has 4 N–H and O–H groups in total. The van der Waals surface area contributed by atoms with Gasteiger partial charge in [-0.2, -0.15) is 0 Å². The molecule has 32 heavy (non-hydrogen) atoms. The molecule has 0 heterocycles. The van der Waals surface area contributed by atoms with Crippen molar-refractivity contribution in [1.82, 2.24) is 16.2 Å². The van der Waals surface area contributed by atoms with E-state index in [9.17, 15) is 19.5 Å². The third kappa shape index (κ3) is 6.60. The molecule has 3 aromatic rings. The zero-order valence-electron chi connectivity index (χ0n) is 17.2. The number of phenolic OH excluding ortho intramolecular Hbond substituents is 1. The Balaban J connectivity index is 1.62. The summed E-state index contributed by atoms with van der Waals surface area (Å²) in [5, 5.41) is 12.3. The summed E-state index contributed by atoms with van der Waals surface area (Å²) < 4.78 is 5.21. The summed E-state index contributed by atoms with van der Waals surface area (Å²) >= 11 is 0. The van der Waals surface area contributed by atoms with Gasteiger partial charge in [0, 0.05) is 6.42 Å². The highest BCUT2D eigenvalue weighted by Gasteiger charge is 2.23. The third-order valence-corrected chi connectivity index (χ3v) is 4.55. The van der Waals surface area contributed by atoms with Crippen LogP contribution >= 0.6 is 0 Å². The van der Waals surface area contributed by atoms with Gasteiger partial charge in [-0.15, -0.1) is 0 Å².